The third kappa shape index (κ3) is 5.12. The number of fused-ring (bicyclic) bond motifs is 1. The first kappa shape index (κ1) is 26.1. The van der Waals surface area contributed by atoms with Gasteiger partial charge in [0.25, 0.3) is 5.78 Å². The van der Waals surface area contributed by atoms with Crippen molar-refractivity contribution in [3.05, 3.63) is 77.5 Å². The minimum atomic E-state index is -0.966. The van der Waals surface area contributed by atoms with Gasteiger partial charge in [0.1, 0.15) is 24.8 Å². The highest BCUT2D eigenvalue weighted by atomic mass is 16.6. The molecule has 3 aromatic rings. The number of pyridine rings is 1. The number of anilines is 1. The molecule has 0 bridgehead atoms. The molecule has 1 N–H and O–H groups in total. The van der Waals surface area contributed by atoms with Crippen molar-refractivity contribution in [1.82, 2.24) is 4.98 Å². The van der Waals surface area contributed by atoms with Crippen molar-refractivity contribution < 1.29 is 33.6 Å². The molecule has 1 saturated heterocycles. The number of amides is 1. The molecule has 1 fully saturated rings. The smallest absolute Gasteiger partial charge is 0.301 e. The molecule has 0 saturated carbocycles. The Kier molecular flexibility index (Phi) is 7.40. The van der Waals surface area contributed by atoms with E-state index in [-0.39, 0.29) is 17.2 Å². The van der Waals surface area contributed by atoms with Crippen molar-refractivity contribution in [1.29, 1.82) is 0 Å². The van der Waals surface area contributed by atoms with Gasteiger partial charge in [-0.1, -0.05) is 26.0 Å². The topological polar surface area (TPSA) is 107 Å². The molecule has 9 heteroatoms. The molecule has 9 nitrogen and oxygen atoms in total. The Morgan fingerprint density at radius 2 is 1.85 bits per heavy atom. The van der Waals surface area contributed by atoms with Crippen LogP contribution in [0.5, 0.6) is 23.0 Å². The van der Waals surface area contributed by atoms with E-state index in [0.717, 1.165) is 6.42 Å². The zero-order valence-electron chi connectivity index (χ0n) is 22.0. The van der Waals surface area contributed by atoms with Crippen LogP contribution in [0.2, 0.25) is 0 Å². The predicted octanol–water partition coefficient (Wildman–Crippen LogP) is 4.91. The van der Waals surface area contributed by atoms with Crippen LogP contribution in [0, 0.1) is 5.92 Å². The second-order valence-corrected chi connectivity index (χ2v) is 9.66. The number of methoxy groups -OCH3 is 1. The maximum absolute atomic E-state index is 13.5. The SMILES string of the molecule is COc1cc(C2/C(=C(\O)c3ccc4c(c3)OCCO4)C(=O)C(=O)N2c2ccccn2)ccc1OCCC(C)C. The van der Waals surface area contributed by atoms with E-state index >= 15 is 0 Å². The molecule has 2 aromatic carbocycles. The van der Waals surface area contributed by atoms with Crippen LogP contribution in [-0.2, 0) is 9.59 Å². The van der Waals surface area contributed by atoms with Crippen LogP contribution in [-0.4, -0.2) is 48.7 Å². The number of hydrogen-bond donors (Lipinski definition) is 1. The van der Waals surface area contributed by atoms with E-state index in [1.165, 1.54) is 12.0 Å². The van der Waals surface area contributed by atoms with Gasteiger partial charge in [0.2, 0.25) is 0 Å². The maximum atomic E-state index is 13.5. The van der Waals surface area contributed by atoms with Crippen molar-refractivity contribution >= 4 is 23.3 Å². The molecule has 5 rings (SSSR count). The fourth-order valence-electron chi connectivity index (χ4n) is 4.60. The summed E-state index contributed by atoms with van der Waals surface area (Å²) in [6, 6.07) is 14.2. The van der Waals surface area contributed by atoms with Crippen LogP contribution in [0.15, 0.2) is 66.4 Å². The first-order valence-electron chi connectivity index (χ1n) is 12.8. The number of rotatable bonds is 8. The fraction of sp³-hybridized carbons (Fsp3) is 0.300. The standard InChI is InChI=1S/C30H30N2O7/c1-18(2)11-13-37-21-9-7-19(16-23(21)36-3)27-26(29(34)30(35)32(27)25-6-4-5-12-31-25)28(33)20-8-10-22-24(17-20)39-15-14-38-22/h4-10,12,16-18,27,33H,11,13-15H2,1-3H3/b28-26+. The molecular weight excluding hydrogens is 500 g/mol. The van der Waals surface area contributed by atoms with Crippen molar-refractivity contribution in [3.8, 4) is 23.0 Å². The van der Waals surface area contributed by atoms with E-state index < -0.39 is 17.7 Å². The van der Waals surface area contributed by atoms with Crippen molar-refractivity contribution in [2.45, 2.75) is 26.3 Å². The summed E-state index contributed by atoms with van der Waals surface area (Å²) in [5, 5.41) is 11.5. The van der Waals surface area contributed by atoms with Crippen LogP contribution in [0.25, 0.3) is 5.76 Å². The molecule has 3 heterocycles. The minimum Gasteiger partial charge on any atom is -0.507 e. The Morgan fingerprint density at radius 1 is 1.05 bits per heavy atom. The quantitative estimate of drug-likeness (QED) is 0.249. The number of aromatic nitrogens is 1. The lowest BCUT2D eigenvalue weighted by molar-refractivity contribution is -0.132. The second-order valence-electron chi connectivity index (χ2n) is 9.66. The lowest BCUT2D eigenvalue weighted by Crippen LogP contribution is -2.30. The number of carbonyl (C=O) groups is 2. The Balaban J connectivity index is 1.62. The lowest BCUT2D eigenvalue weighted by atomic mass is 9.94. The van der Waals surface area contributed by atoms with Crippen LogP contribution in [0.1, 0.15) is 37.4 Å². The van der Waals surface area contributed by atoms with Crippen LogP contribution in [0.3, 0.4) is 0 Å². The van der Waals surface area contributed by atoms with Crippen molar-refractivity contribution in [2.75, 3.05) is 31.8 Å². The molecule has 1 amide bonds. The molecule has 202 valence electrons. The molecule has 1 atom stereocenters. The van der Waals surface area contributed by atoms with E-state index in [0.29, 0.717) is 59.9 Å². The Bertz CT molecular complexity index is 1420. The summed E-state index contributed by atoms with van der Waals surface area (Å²) in [4.78, 5) is 32.4. The first-order valence-corrected chi connectivity index (χ1v) is 12.8. The lowest BCUT2D eigenvalue weighted by Gasteiger charge is -2.25. The van der Waals surface area contributed by atoms with Crippen LogP contribution >= 0.6 is 0 Å². The summed E-state index contributed by atoms with van der Waals surface area (Å²) >= 11 is 0. The average Bonchev–Trinajstić information content (AvgIpc) is 3.22. The zero-order valence-corrected chi connectivity index (χ0v) is 22.0. The summed E-state index contributed by atoms with van der Waals surface area (Å²) < 4.78 is 22.8. The van der Waals surface area contributed by atoms with Gasteiger partial charge >= 0.3 is 5.91 Å². The Labute approximate surface area is 226 Å². The number of ether oxygens (including phenoxy) is 4. The highest BCUT2D eigenvalue weighted by molar-refractivity contribution is 6.51. The summed E-state index contributed by atoms with van der Waals surface area (Å²) in [6.45, 7) is 5.54. The molecule has 0 spiro atoms. The highest BCUT2D eigenvalue weighted by Gasteiger charge is 2.47. The first-order chi connectivity index (χ1) is 18.9. The minimum absolute atomic E-state index is 0.0714. The molecular formula is C30H30N2O7. The fourth-order valence-corrected chi connectivity index (χ4v) is 4.60. The van der Waals surface area contributed by atoms with Gasteiger partial charge in [-0.2, -0.15) is 0 Å². The number of carbonyl (C=O) groups excluding carboxylic acids is 2. The Morgan fingerprint density at radius 3 is 2.56 bits per heavy atom. The summed E-state index contributed by atoms with van der Waals surface area (Å²) in [7, 11) is 1.53. The van der Waals surface area contributed by atoms with E-state index in [2.05, 4.69) is 18.8 Å². The summed E-state index contributed by atoms with van der Waals surface area (Å²) in [5.74, 6) is 0.793. The van der Waals surface area contributed by atoms with E-state index in [1.54, 1.807) is 60.8 Å². The number of aliphatic hydroxyl groups is 1. The molecule has 0 radical (unpaired) electrons. The van der Waals surface area contributed by atoms with Gasteiger partial charge in [-0.3, -0.25) is 14.5 Å². The van der Waals surface area contributed by atoms with E-state index in [1.807, 2.05) is 0 Å². The molecule has 39 heavy (non-hydrogen) atoms. The molecule has 1 aromatic heterocycles. The third-order valence-corrected chi connectivity index (χ3v) is 6.61. The van der Waals surface area contributed by atoms with Crippen LogP contribution < -0.4 is 23.8 Å². The number of ketones is 1. The van der Waals surface area contributed by atoms with Gasteiger partial charge < -0.3 is 24.1 Å². The number of hydrogen-bond acceptors (Lipinski definition) is 8. The zero-order chi connectivity index (χ0) is 27.5. The number of aliphatic hydroxyl groups excluding tert-OH is 1. The van der Waals surface area contributed by atoms with Crippen LogP contribution in [0.4, 0.5) is 5.82 Å². The van der Waals surface area contributed by atoms with Gasteiger partial charge in [0.15, 0.2) is 23.0 Å². The summed E-state index contributed by atoms with van der Waals surface area (Å²) in [6.07, 6.45) is 2.42. The van der Waals surface area contributed by atoms with Gasteiger partial charge in [-0.25, -0.2) is 4.98 Å². The van der Waals surface area contributed by atoms with Crippen molar-refractivity contribution in [2.24, 2.45) is 5.92 Å². The number of Topliss-reactive ketones (excluding diaryl/α,β-unsaturated/α-hetero) is 1. The second kappa shape index (κ2) is 11.1. The number of benzene rings is 2. The van der Waals surface area contributed by atoms with Gasteiger partial charge in [0, 0.05) is 11.8 Å². The van der Waals surface area contributed by atoms with Crippen molar-refractivity contribution in [3.63, 3.8) is 0 Å². The normalized spacial score (nSPS) is 17.9. The largest absolute Gasteiger partial charge is 0.507 e. The van der Waals surface area contributed by atoms with E-state index in [4.69, 9.17) is 18.9 Å². The highest BCUT2D eigenvalue weighted by Crippen LogP contribution is 2.44. The summed E-state index contributed by atoms with van der Waals surface area (Å²) in [5.41, 5.74) is 0.800. The maximum Gasteiger partial charge on any atom is 0.301 e. The van der Waals surface area contributed by atoms with E-state index in [9.17, 15) is 14.7 Å². The molecule has 2 aliphatic heterocycles. The number of nitrogens with zero attached hydrogens (tertiary/aromatic N) is 2. The monoisotopic (exact) mass is 530 g/mol. The predicted molar refractivity (Wildman–Crippen MR) is 144 cm³/mol. The molecule has 2 aliphatic rings. The average molecular weight is 531 g/mol. The molecule has 0 aliphatic carbocycles. The third-order valence-electron chi connectivity index (χ3n) is 6.61. The van der Waals surface area contributed by atoms with Gasteiger partial charge in [-0.15, -0.1) is 0 Å². The van der Waals surface area contributed by atoms with Gasteiger partial charge in [0.05, 0.1) is 25.3 Å². The molecule has 1 unspecified atom stereocenters. The Hall–Kier alpha value is -4.53. The van der Waals surface area contributed by atoms with Gasteiger partial charge in [-0.05, 0) is 60.4 Å².